The maximum absolute atomic E-state index is 12.3. The molecule has 2 aliphatic rings. The maximum atomic E-state index is 12.3. The van der Waals surface area contributed by atoms with Crippen LogP contribution in [0.1, 0.15) is 32.6 Å². The van der Waals surface area contributed by atoms with Crippen LogP contribution in [0.5, 0.6) is 5.75 Å². The predicted molar refractivity (Wildman–Crippen MR) is 93.5 cm³/mol. The van der Waals surface area contributed by atoms with Gasteiger partial charge in [0.15, 0.2) is 6.61 Å². The number of carbonyl (C=O) groups excluding carboxylic acids is 1. The Morgan fingerprint density at radius 1 is 1.17 bits per heavy atom. The molecule has 2 aliphatic heterocycles. The molecule has 0 radical (unpaired) electrons. The number of nitrogens with one attached hydrogen (secondary N) is 1. The SMILES string of the molecule is CCCCCCN1C(=O)COc2ccc(N3CCNCC3)cc21. The number of anilines is 2. The van der Waals surface area contributed by atoms with Crippen molar-refractivity contribution in [2.75, 3.05) is 49.1 Å². The topological polar surface area (TPSA) is 44.8 Å². The third-order valence-electron chi connectivity index (χ3n) is 4.60. The molecule has 1 aromatic carbocycles. The zero-order chi connectivity index (χ0) is 16.1. The lowest BCUT2D eigenvalue weighted by Gasteiger charge is -2.33. The minimum atomic E-state index is 0.0754. The van der Waals surface area contributed by atoms with Crippen molar-refractivity contribution in [3.8, 4) is 5.75 Å². The minimum Gasteiger partial charge on any atom is -0.482 e. The largest absolute Gasteiger partial charge is 0.482 e. The first-order chi connectivity index (χ1) is 11.3. The average Bonchev–Trinajstić information content (AvgIpc) is 2.60. The first-order valence-corrected chi connectivity index (χ1v) is 8.82. The monoisotopic (exact) mass is 317 g/mol. The van der Waals surface area contributed by atoms with Gasteiger partial charge in [0.2, 0.25) is 0 Å². The van der Waals surface area contributed by atoms with E-state index in [9.17, 15) is 4.79 Å². The molecule has 0 unspecified atom stereocenters. The van der Waals surface area contributed by atoms with Crippen LogP contribution in [0.4, 0.5) is 11.4 Å². The molecule has 1 saturated heterocycles. The molecule has 5 nitrogen and oxygen atoms in total. The van der Waals surface area contributed by atoms with Crippen molar-refractivity contribution in [1.29, 1.82) is 0 Å². The van der Waals surface area contributed by atoms with E-state index in [0.717, 1.165) is 50.6 Å². The lowest BCUT2D eigenvalue weighted by molar-refractivity contribution is -0.121. The summed E-state index contributed by atoms with van der Waals surface area (Å²) in [6, 6.07) is 6.24. The Balaban J connectivity index is 1.76. The zero-order valence-electron chi connectivity index (χ0n) is 14.0. The van der Waals surface area contributed by atoms with Crippen LogP contribution >= 0.6 is 0 Å². The van der Waals surface area contributed by atoms with E-state index in [0.29, 0.717) is 0 Å². The number of ether oxygens (including phenoxy) is 1. The summed E-state index contributed by atoms with van der Waals surface area (Å²) >= 11 is 0. The molecule has 0 aliphatic carbocycles. The molecular formula is C18H27N3O2. The summed E-state index contributed by atoms with van der Waals surface area (Å²) < 4.78 is 5.61. The van der Waals surface area contributed by atoms with E-state index in [1.165, 1.54) is 24.9 Å². The number of fused-ring (bicyclic) bond motifs is 1. The van der Waals surface area contributed by atoms with Crippen molar-refractivity contribution in [1.82, 2.24) is 5.32 Å². The molecule has 0 spiro atoms. The highest BCUT2D eigenvalue weighted by Crippen LogP contribution is 2.36. The summed E-state index contributed by atoms with van der Waals surface area (Å²) in [5.74, 6) is 0.908. The molecule has 0 saturated carbocycles. The Labute approximate surface area is 138 Å². The fourth-order valence-electron chi connectivity index (χ4n) is 3.25. The summed E-state index contributed by atoms with van der Waals surface area (Å²) in [4.78, 5) is 16.6. The van der Waals surface area contributed by atoms with E-state index >= 15 is 0 Å². The Kier molecular flexibility index (Phi) is 5.39. The predicted octanol–water partition coefficient (Wildman–Crippen LogP) is 2.40. The van der Waals surface area contributed by atoms with Gasteiger partial charge in [-0.05, 0) is 24.6 Å². The van der Waals surface area contributed by atoms with Gasteiger partial charge in [-0.2, -0.15) is 0 Å². The Morgan fingerprint density at radius 3 is 2.78 bits per heavy atom. The van der Waals surface area contributed by atoms with Gasteiger partial charge in [-0.3, -0.25) is 4.79 Å². The van der Waals surface area contributed by atoms with E-state index in [-0.39, 0.29) is 12.5 Å². The lowest BCUT2D eigenvalue weighted by atomic mass is 10.1. The van der Waals surface area contributed by atoms with Gasteiger partial charge >= 0.3 is 0 Å². The number of carbonyl (C=O) groups is 1. The van der Waals surface area contributed by atoms with Crippen molar-refractivity contribution in [2.24, 2.45) is 0 Å². The first kappa shape index (κ1) is 16.1. The highest BCUT2D eigenvalue weighted by Gasteiger charge is 2.26. The molecule has 1 aromatic rings. The van der Waals surface area contributed by atoms with E-state index in [2.05, 4.69) is 29.3 Å². The van der Waals surface area contributed by atoms with Gasteiger partial charge in [0, 0.05) is 38.4 Å². The molecule has 2 heterocycles. The van der Waals surface area contributed by atoms with Crippen molar-refractivity contribution < 1.29 is 9.53 Å². The minimum absolute atomic E-state index is 0.0754. The van der Waals surface area contributed by atoms with Crippen LogP contribution in [0.2, 0.25) is 0 Å². The standard InChI is InChI=1S/C18H27N3O2/c1-2-3-4-5-10-21-16-13-15(20-11-8-19-9-12-20)6-7-17(16)23-14-18(21)22/h6-7,13,19H,2-5,8-12,14H2,1H3. The molecule has 0 atom stereocenters. The van der Waals surface area contributed by atoms with Crippen LogP contribution in [-0.4, -0.2) is 45.2 Å². The second-order valence-electron chi connectivity index (χ2n) is 6.28. The number of unbranched alkanes of at least 4 members (excludes halogenated alkanes) is 3. The Bertz CT molecular complexity index is 541. The van der Waals surface area contributed by atoms with Gasteiger partial charge in [-0.1, -0.05) is 26.2 Å². The van der Waals surface area contributed by atoms with E-state index in [1.54, 1.807) is 0 Å². The molecule has 0 bridgehead atoms. The molecular weight excluding hydrogens is 290 g/mol. The van der Waals surface area contributed by atoms with Gasteiger partial charge in [0.05, 0.1) is 5.69 Å². The molecule has 1 N–H and O–H groups in total. The van der Waals surface area contributed by atoms with Crippen LogP contribution < -0.4 is 19.9 Å². The normalized spacial score (nSPS) is 17.9. The van der Waals surface area contributed by atoms with Crippen LogP contribution in [0.25, 0.3) is 0 Å². The third-order valence-corrected chi connectivity index (χ3v) is 4.60. The van der Waals surface area contributed by atoms with Gasteiger partial charge < -0.3 is 19.9 Å². The molecule has 5 heteroatoms. The highest BCUT2D eigenvalue weighted by atomic mass is 16.5. The second-order valence-corrected chi connectivity index (χ2v) is 6.28. The van der Waals surface area contributed by atoms with Gasteiger partial charge in [-0.25, -0.2) is 0 Å². The number of rotatable bonds is 6. The highest BCUT2D eigenvalue weighted by molar-refractivity contribution is 5.98. The van der Waals surface area contributed by atoms with Crippen LogP contribution in [-0.2, 0) is 4.79 Å². The van der Waals surface area contributed by atoms with Gasteiger partial charge in [-0.15, -0.1) is 0 Å². The fraction of sp³-hybridized carbons (Fsp3) is 0.611. The number of piperazine rings is 1. The van der Waals surface area contributed by atoms with Gasteiger partial charge in [0.25, 0.3) is 5.91 Å². The van der Waals surface area contributed by atoms with E-state index < -0.39 is 0 Å². The summed E-state index contributed by atoms with van der Waals surface area (Å²) in [5, 5.41) is 3.37. The second kappa shape index (κ2) is 7.68. The number of hydrogen-bond donors (Lipinski definition) is 1. The van der Waals surface area contributed by atoms with Crippen molar-refractivity contribution >= 4 is 17.3 Å². The molecule has 126 valence electrons. The number of hydrogen-bond acceptors (Lipinski definition) is 4. The van der Waals surface area contributed by atoms with Crippen LogP contribution in [0.15, 0.2) is 18.2 Å². The molecule has 0 aromatic heterocycles. The average molecular weight is 317 g/mol. The zero-order valence-corrected chi connectivity index (χ0v) is 14.0. The summed E-state index contributed by atoms with van der Waals surface area (Å²) in [6.07, 6.45) is 4.66. The van der Waals surface area contributed by atoms with E-state index in [4.69, 9.17) is 4.74 Å². The van der Waals surface area contributed by atoms with Crippen molar-refractivity contribution in [3.63, 3.8) is 0 Å². The first-order valence-electron chi connectivity index (χ1n) is 8.82. The van der Waals surface area contributed by atoms with Crippen molar-refractivity contribution in [2.45, 2.75) is 32.6 Å². The Hall–Kier alpha value is -1.75. The van der Waals surface area contributed by atoms with Gasteiger partial charge in [0.1, 0.15) is 5.75 Å². The number of amides is 1. The van der Waals surface area contributed by atoms with E-state index in [1.807, 2.05) is 11.0 Å². The maximum Gasteiger partial charge on any atom is 0.265 e. The fourth-order valence-corrected chi connectivity index (χ4v) is 3.25. The van der Waals surface area contributed by atoms with Crippen LogP contribution in [0, 0.1) is 0 Å². The third kappa shape index (κ3) is 3.78. The molecule has 23 heavy (non-hydrogen) atoms. The molecule has 1 fully saturated rings. The van der Waals surface area contributed by atoms with Crippen LogP contribution in [0.3, 0.4) is 0 Å². The summed E-state index contributed by atoms with van der Waals surface area (Å²) in [5.41, 5.74) is 2.12. The smallest absolute Gasteiger partial charge is 0.265 e. The summed E-state index contributed by atoms with van der Waals surface area (Å²) in [7, 11) is 0. The lowest BCUT2D eigenvalue weighted by Crippen LogP contribution is -2.44. The number of benzene rings is 1. The molecule has 1 amide bonds. The Morgan fingerprint density at radius 2 is 2.00 bits per heavy atom. The quantitative estimate of drug-likeness (QED) is 0.818. The molecule has 3 rings (SSSR count). The van der Waals surface area contributed by atoms with Crippen molar-refractivity contribution in [3.05, 3.63) is 18.2 Å². The number of nitrogens with zero attached hydrogens (tertiary/aromatic N) is 2. The summed E-state index contributed by atoms with van der Waals surface area (Å²) in [6.45, 7) is 7.18.